The topological polar surface area (TPSA) is 71.0 Å². The molecular weight excluding hydrogens is 338 g/mol. The minimum absolute atomic E-state index is 0.0561. The van der Waals surface area contributed by atoms with Crippen molar-refractivity contribution in [2.24, 2.45) is 0 Å². The van der Waals surface area contributed by atoms with E-state index >= 15 is 0 Å². The van der Waals surface area contributed by atoms with Crippen LogP contribution < -0.4 is 10.2 Å². The molecule has 1 amide bonds. The first-order chi connectivity index (χ1) is 13.3. The van der Waals surface area contributed by atoms with E-state index in [1.54, 1.807) is 36.8 Å². The molecule has 2 atom stereocenters. The van der Waals surface area contributed by atoms with Gasteiger partial charge in [0.1, 0.15) is 5.69 Å². The Hall–Kier alpha value is -3.28. The summed E-state index contributed by atoms with van der Waals surface area (Å²) in [7, 11) is 0. The number of pyridine rings is 1. The van der Waals surface area contributed by atoms with Crippen LogP contribution in [0.25, 0.3) is 0 Å². The fourth-order valence-corrected chi connectivity index (χ4v) is 3.57. The van der Waals surface area contributed by atoms with Gasteiger partial charge in [-0.1, -0.05) is 36.4 Å². The Morgan fingerprint density at radius 2 is 1.67 bits per heavy atom. The standard InChI is InChI=1S/C21H21N5O/c27-20(18-9-4-5-11-22-18)25-19-15-26(21-23-12-6-13-24-21)14-10-17(19)16-7-2-1-3-8-16/h1-9,11-13,17,19H,10,14-15H2,(H,25,27)/t17-,19-/m0/s1. The van der Waals surface area contributed by atoms with Crippen molar-refractivity contribution in [3.63, 3.8) is 0 Å². The fraction of sp³-hybridized carbons (Fsp3) is 0.238. The summed E-state index contributed by atoms with van der Waals surface area (Å²) in [6, 6.07) is 17.4. The molecule has 3 heterocycles. The molecule has 0 bridgehead atoms. The molecule has 1 aromatic carbocycles. The van der Waals surface area contributed by atoms with E-state index in [0.29, 0.717) is 18.2 Å². The first kappa shape index (κ1) is 17.1. The molecule has 6 heteroatoms. The Balaban J connectivity index is 1.58. The first-order valence-corrected chi connectivity index (χ1v) is 9.10. The molecule has 0 unspecified atom stereocenters. The fourth-order valence-electron chi connectivity index (χ4n) is 3.57. The zero-order chi connectivity index (χ0) is 18.5. The second-order valence-electron chi connectivity index (χ2n) is 6.60. The number of benzene rings is 1. The molecule has 4 rings (SSSR count). The molecule has 136 valence electrons. The number of hydrogen-bond donors (Lipinski definition) is 1. The predicted molar refractivity (Wildman–Crippen MR) is 104 cm³/mol. The Labute approximate surface area is 158 Å². The molecule has 3 aromatic rings. The Bertz CT molecular complexity index is 873. The number of piperidine rings is 1. The summed E-state index contributed by atoms with van der Waals surface area (Å²) >= 11 is 0. The summed E-state index contributed by atoms with van der Waals surface area (Å²) in [6.45, 7) is 1.50. The normalized spacial score (nSPS) is 19.5. The molecule has 1 aliphatic rings. The third-order valence-corrected chi connectivity index (χ3v) is 4.89. The van der Waals surface area contributed by atoms with Crippen LogP contribution in [0.1, 0.15) is 28.4 Å². The van der Waals surface area contributed by atoms with Crippen molar-refractivity contribution < 1.29 is 4.79 Å². The lowest BCUT2D eigenvalue weighted by atomic mass is 9.85. The van der Waals surface area contributed by atoms with Crippen molar-refractivity contribution in [1.29, 1.82) is 0 Å². The molecule has 0 aliphatic carbocycles. The maximum absolute atomic E-state index is 12.7. The van der Waals surface area contributed by atoms with Crippen LogP contribution in [0.5, 0.6) is 0 Å². The lowest BCUT2D eigenvalue weighted by molar-refractivity contribution is 0.0922. The molecular formula is C21H21N5O. The van der Waals surface area contributed by atoms with Crippen LogP contribution >= 0.6 is 0 Å². The van der Waals surface area contributed by atoms with Crippen LogP contribution in [0.2, 0.25) is 0 Å². The average molecular weight is 359 g/mol. The van der Waals surface area contributed by atoms with E-state index in [2.05, 4.69) is 37.3 Å². The van der Waals surface area contributed by atoms with Crippen molar-refractivity contribution in [3.8, 4) is 0 Å². The van der Waals surface area contributed by atoms with E-state index in [1.807, 2.05) is 24.3 Å². The van der Waals surface area contributed by atoms with Gasteiger partial charge in [-0.2, -0.15) is 0 Å². The van der Waals surface area contributed by atoms with E-state index < -0.39 is 0 Å². The number of nitrogens with zero attached hydrogens (tertiary/aromatic N) is 4. The van der Waals surface area contributed by atoms with Gasteiger partial charge in [-0.25, -0.2) is 9.97 Å². The Morgan fingerprint density at radius 3 is 2.41 bits per heavy atom. The van der Waals surface area contributed by atoms with Gasteiger partial charge < -0.3 is 10.2 Å². The summed E-state index contributed by atoms with van der Waals surface area (Å²) in [4.78, 5) is 27.7. The Morgan fingerprint density at radius 1 is 0.926 bits per heavy atom. The number of amides is 1. The average Bonchev–Trinajstić information content (AvgIpc) is 2.75. The number of anilines is 1. The summed E-state index contributed by atoms with van der Waals surface area (Å²) in [5, 5.41) is 3.18. The first-order valence-electron chi connectivity index (χ1n) is 9.10. The van der Waals surface area contributed by atoms with E-state index in [-0.39, 0.29) is 17.9 Å². The van der Waals surface area contributed by atoms with Crippen LogP contribution in [-0.4, -0.2) is 40.0 Å². The predicted octanol–water partition coefficient (Wildman–Crippen LogP) is 2.66. The van der Waals surface area contributed by atoms with Crippen LogP contribution in [0.4, 0.5) is 5.95 Å². The van der Waals surface area contributed by atoms with Gasteiger partial charge in [-0.3, -0.25) is 9.78 Å². The van der Waals surface area contributed by atoms with Gasteiger partial charge in [0.15, 0.2) is 0 Å². The van der Waals surface area contributed by atoms with Gasteiger partial charge in [0.05, 0.1) is 6.04 Å². The highest BCUT2D eigenvalue weighted by Gasteiger charge is 2.32. The smallest absolute Gasteiger partial charge is 0.270 e. The quantitative estimate of drug-likeness (QED) is 0.775. The van der Waals surface area contributed by atoms with Gasteiger partial charge >= 0.3 is 0 Å². The largest absolute Gasteiger partial charge is 0.346 e. The van der Waals surface area contributed by atoms with Crippen LogP contribution in [-0.2, 0) is 0 Å². The van der Waals surface area contributed by atoms with Crippen molar-refractivity contribution in [2.75, 3.05) is 18.0 Å². The molecule has 1 saturated heterocycles. The molecule has 2 aromatic heterocycles. The number of rotatable bonds is 4. The van der Waals surface area contributed by atoms with Gasteiger partial charge in [-0.05, 0) is 30.2 Å². The molecule has 0 radical (unpaired) electrons. The molecule has 0 spiro atoms. The van der Waals surface area contributed by atoms with Crippen LogP contribution in [0.15, 0.2) is 73.2 Å². The summed E-state index contributed by atoms with van der Waals surface area (Å²) in [6.07, 6.45) is 6.03. The minimum Gasteiger partial charge on any atom is -0.346 e. The molecule has 1 N–H and O–H groups in total. The van der Waals surface area contributed by atoms with Gasteiger partial charge in [0, 0.05) is 37.6 Å². The third kappa shape index (κ3) is 3.95. The summed E-state index contributed by atoms with van der Waals surface area (Å²) in [5.41, 5.74) is 1.66. The number of nitrogens with one attached hydrogen (secondary N) is 1. The van der Waals surface area contributed by atoms with Crippen LogP contribution in [0.3, 0.4) is 0 Å². The molecule has 1 fully saturated rings. The lowest BCUT2D eigenvalue weighted by Crippen LogP contribution is -2.52. The van der Waals surface area contributed by atoms with Gasteiger partial charge in [0.2, 0.25) is 5.95 Å². The van der Waals surface area contributed by atoms with Crippen molar-refractivity contribution in [3.05, 3.63) is 84.4 Å². The number of aromatic nitrogens is 3. The zero-order valence-corrected chi connectivity index (χ0v) is 14.9. The Kier molecular flexibility index (Phi) is 5.05. The third-order valence-electron chi connectivity index (χ3n) is 4.89. The minimum atomic E-state index is -0.155. The molecule has 27 heavy (non-hydrogen) atoms. The maximum Gasteiger partial charge on any atom is 0.270 e. The van der Waals surface area contributed by atoms with Gasteiger partial charge in [-0.15, -0.1) is 0 Å². The lowest BCUT2D eigenvalue weighted by Gasteiger charge is -2.39. The van der Waals surface area contributed by atoms with Crippen LogP contribution in [0, 0.1) is 0 Å². The molecule has 1 aliphatic heterocycles. The van der Waals surface area contributed by atoms with Crippen molar-refractivity contribution in [2.45, 2.75) is 18.4 Å². The SMILES string of the molecule is O=C(N[C@H]1CN(c2ncccn2)CC[C@H]1c1ccccc1)c1ccccn1. The second-order valence-corrected chi connectivity index (χ2v) is 6.60. The molecule has 6 nitrogen and oxygen atoms in total. The monoisotopic (exact) mass is 359 g/mol. The van der Waals surface area contributed by atoms with E-state index in [9.17, 15) is 4.79 Å². The highest BCUT2D eigenvalue weighted by molar-refractivity contribution is 5.92. The van der Waals surface area contributed by atoms with E-state index in [4.69, 9.17) is 0 Å². The summed E-state index contributed by atoms with van der Waals surface area (Å²) in [5.74, 6) is 0.775. The summed E-state index contributed by atoms with van der Waals surface area (Å²) < 4.78 is 0. The van der Waals surface area contributed by atoms with Crippen molar-refractivity contribution >= 4 is 11.9 Å². The maximum atomic E-state index is 12.7. The second kappa shape index (κ2) is 7.95. The van der Waals surface area contributed by atoms with E-state index in [0.717, 1.165) is 13.0 Å². The number of carbonyl (C=O) groups excluding carboxylic acids is 1. The van der Waals surface area contributed by atoms with Crippen molar-refractivity contribution in [1.82, 2.24) is 20.3 Å². The molecule has 0 saturated carbocycles. The zero-order valence-electron chi connectivity index (χ0n) is 14.9. The van der Waals surface area contributed by atoms with E-state index in [1.165, 1.54) is 5.56 Å². The highest BCUT2D eigenvalue weighted by Crippen LogP contribution is 2.29. The highest BCUT2D eigenvalue weighted by atomic mass is 16.1. The van der Waals surface area contributed by atoms with Gasteiger partial charge in [0.25, 0.3) is 5.91 Å². The number of hydrogen-bond acceptors (Lipinski definition) is 5. The number of carbonyl (C=O) groups is 1.